The average molecular weight is 425 g/mol. The van der Waals surface area contributed by atoms with Crippen LogP contribution in [0.4, 0.5) is 18.0 Å². The number of pyridine rings is 1. The number of hydrogen-bond acceptors (Lipinski definition) is 6. The number of hydrogen-bond donors (Lipinski definition) is 2. The molecule has 30 heavy (non-hydrogen) atoms. The molecule has 1 aliphatic carbocycles. The molecular weight excluding hydrogens is 407 g/mol. The number of alkyl halides is 3. The van der Waals surface area contributed by atoms with Gasteiger partial charge in [0, 0.05) is 12.2 Å². The Morgan fingerprint density at radius 3 is 2.57 bits per heavy atom. The number of nitrogens with zero attached hydrogens (tertiary/aromatic N) is 3. The highest BCUT2D eigenvalue weighted by Crippen LogP contribution is 2.33. The number of aromatic nitrogens is 3. The van der Waals surface area contributed by atoms with Crippen molar-refractivity contribution < 1.29 is 32.3 Å². The number of esters is 1. The Bertz CT molecular complexity index is 924. The van der Waals surface area contributed by atoms with Gasteiger partial charge in [0.05, 0.1) is 6.20 Å². The first kappa shape index (κ1) is 21.3. The minimum atomic E-state index is -4.94. The Kier molecular flexibility index (Phi) is 6.33. The molecule has 1 saturated carbocycles. The number of nitrogens with one attached hydrogen (secondary N) is 2. The fraction of sp³-hybridized carbons (Fsp3) is 0.389. The average Bonchev–Trinajstić information content (AvgIpc) is 3.36. The van der Waals surface area contributed by atoms with Crippen LogP contribution >= 0.6 is 0 Å². The summed E-state index contributed by atoms with van der Waals surface area (Å²) in [6, 6.07) is 3.47. The molecule has 1 aliphatic rings. The Morgan fingerprint density at radius 1 is 1.20 bits per heavy atom. The molecule has 0 unspecified atom stereocenters. The van der Waals surface area contributed by atoms with E-state index in [0.717, 1.165) is 25.7 Å². The summed E-state index contributed by atoms with van der Waals surface area (Å²) in [5, 5.41) is 8.14. The van der Waals surface area contributed by atoms with E-state index in [-0.39, 0.29) is 11.9 Å². The van der Waals surface area contributed by atoms with Gasteiger partial charge in [0.15, 0.2) is 18.1 Å². The second kappa shape index (κ2) is 8.93. The summed E-state index contributed by atoms with van der Waals surface area (Å²) in [5.74, 6) is -2.52. The fourth-order valence-corrected chi connectivity index (χ4v) is 3.09. The second-order valence-corrected chi connectivity index (χ2v) is 6.58. The molecule has 0 atom stereocenters. The van der Waals surface area contributed by atoms with E-state index in [2.05, 4.69) is 20.1 Å². The number of halogens is 3. The van der Waals surface area contributed by atoms with Crippen molar-refractivity contribution in [2.24, 2.45) is 0 Å². The van der Waals surface area contributed by atoms with Gasteiger partial charge in [0.1, 0.15) is 5.56 Å². The smallest absolute Gasteiger partial charge is 0.434 e. The summed E-state index contributed by atoms with van der Waals surface area (Å²) >= 11 is 0. The lowest BCUT2D eigenvalue weighted by molar-refractivity contribution is -0.143. The summed E-state index contributed by atoms with van der Waals surface area (Å²) in [6.45, 7) is -0.928. The van der Waals surface area contributed by atoms with Gasteiger partial charge in [0.2, 0.25) is 0 Å². The highest BCUT2D eigenvalue weighted by Gasteiger charge is 2.41. The molecule has 0 bridgehead atoms. The van der Waals surface area contributed by atoms with Crippen LogP contribution in [0.2, 0.25) is 0 Å². The SMILES string of the molecule is O=C(COC(=O)c1cnn(-c2ccccn2)c1C(F)(F)F)NC(=O)NC1CCCC1. The van der Waals surface area contributed by atoms with Crippen LogP contribution in [0.5, 0.6) is 0 Å². The third kappa shape index (κ3) is 5.13. The summed E-state index contributed by atoms with van der Waals surface area (Å²) in [7, 11) is 0. The van der Waals surface area contributed by atoms with Crippen LogP contribution in [0.1, 0.15) is 41.7 Å². The van der Waals surface area contributed by atoms with Gasteiger partial charge in [0.25, 0.3) is 5.91 Å². The van der Waals surface area contributed by atoms with Crippen molar-refractivity contribution in [3.8, 4) is 5.82 Å². The van der Waals surface area contributed by atoms with Gasteiger partial charge in [-0.2, -0.15) is 18.3 Å². The van der Waals surface area contributed by atoms with Crippen LogP contribution in [0.25, 0.3) is 5.82 Å². The maximum absolute atomic E-state index is 13.5. The molecule has 3 amide bonds. The van der Waals surface area contributed by atoms with Crippen LogP contribution < -0.4 is 10.6 Å². The van der Waals surface area contributed by atoms with Crippen LogP contribution in [0.15, 0.2) is 30.6 Å². The predicted molar refractivity (Wildman–Crippen MR) is 95.6 cm³/mol. The number of imide groups is 1. The number of urea groups is 1. The van der Waals surface area contributed by atoms with Crippen LogP contribution in [0, 0.1) is 0 Å². The van der Waals surface area contributed by atoms with Crippen molar-refractivity contribution in [3.63, 3.8) is 0 Å². The van der Waals surface area contributed by atoms with Crippen molar-refractivity contribution in [2.45, 2.75) is 37.9 Å². The van der Waals surface area contributed by atoms with Crippen LogP contribution in [0.3, 0.4) is 0 Å². The number of carbonyl (C=O) groups excluding carboxylic acids is 3. The number of rotatable bonds is 5. The molecule has 0 saturated heterocycles. The largest absolute Gasteiger partial charge is 0.452 e. The topological polar surface area (TPSA) is 115 Å². The molecule has 0 aliphatic heterocycles. The van der Waals surface area contributed by atoms with Crippen molar-refractivity contribution in [1.82, 2.24) is 25.4 Å². The molecule has 160 valence electrons. The van der Waals surface area contributed by atoms with Gasteiger partial charge in [-0.1, -0.05) is 18.9 Å². The maximum atomic E-state index is 13.5. The molecule has 2 aromatic heterocycles. The zero-order valence-corrected chi connectivity index (χ0v) is 15.6. The lowest BCUT2D eigenvalue weighted by Gasteiger charge is -2.13. The number of ether oxygens (including phenoxy) is 1. The van der Waals surface area contributed by atoms with Gasteiger partial charge in [-0.05, 0) is 25.0 Å². The molecule has 0 radical (unpaired) electrons. The monoisotopic (exact) mass is 425 g/mol. The molecule has 2 heterocycles. The third-order valence-electron chi connectivity index (χ3n) is 4.40. The zero-order valence-electron chi connectivity index (χ0n) is 15.6. The summed E-state index contributed by atoms with van der Waals surface area (Å²) < 4.78 is 45.7. The number of carbonyl (C=O) groups is 3. The maximum Gasteiger partial charge on any atom is 0.434 e. The molecule has 2 aromatic rings. The molecular formula is C18H18F3N5O4. The molecule has 0 aromatic carbocycles. The summed E-state index contributed by atoms with van der Waals surface area (Å²) in [4.78, 5) is 39.4. The van der Waals surface area contributed by atoms with E-state index in [4.69, 9.17) is 0 Å². The summed E-state index contributed by atoms with van der Waals surface area (Å²) in [6.07, 6.45) is 0.578. The van der Waals surface area contributed by atoms with Crippen molar-refractivity contribution >= 4 is 17.9 Å². The second-order valence-electron chi connectivity index (χ2n) is 6.58. The Balaban J connectivity index is 1.64. The molecule has 0 spiro atoms. The first-order chi connectivity index (χ1) is 14.3. The van der Waals surface area contributed by atoms with E-state index in [0.29, 0.717) is 10.9 Å². The van der Waals surface area contributed by atoms with Gasteiger partial charge in [-0.15, -0.1) is 0 Å². The van der Waals surface area contributed by atoms with E-state index in [1.54, 1.807) is 0 Å². The standard InChI is InChI=1S/C18H18F3N5O4/c19-18(20,21)15-12(9-23-26(15)13-7-3-4-8-22-13)16(28)30-10-14(27)25-17(29)24-11-5-1-2-6-11/h3-4,7-9,11H,1-2,5-6,10H2,(H2,24,25,27,29). The Morgan fingerprint density at radius 2 is 1.93 bits per heavy atom. The van der Waals surface area contributed by atoms with E-state index < -0.39 is 41.9 Å². The highest BCUT2D eigenvalue weighted by atomic mass is 19.4. The zero-order chi connectivity index (χ0) is 21.7. The van der Waals surface area contributed by atoms with Crippen molar-refractivity contribution in [3.05, 3.63) is 41.9 Å². The minimum absolute atomic E-state index is 0.0351. The predicted octanol–water partition coefficient (Wildman–Crippen LogP) is 2.21. The Labute approximate surface area is 168 Å². The fourth-order valence-electron chi connectivity index (χ4n) is 3.09. The lowest BCUT2D eigenvalue weighted by atomic mass is 10.2. The quantitative estimate of drug-likeness (QED) is 0.710. The first-order valence-corrected chi connectivity index (χ1v) is 9.10. The van der Waals surface area contributed by atoms with E-state index >= 15 is 0 Å². The lowest BCUT2D eigenvalue weighted by Crippen LogP contribution is -2.45. The highest BCUT2D eigenvalue weighted by molar-refractivity contribution is 5.97. The van der Waals surface area contributed by atoms with Gasteiger partial charge >= 0.3 is 18.2 Å². The van der Waals surface area contributed by atoms with Gasteiger partial charge < -0.3 is 10.1 Å². The third-order valence-corrected chi connectivity index (χ3v) is 4.40. The molecule has 2 N–H and O–H groups in total. The minimum Gasteiger partial charge on any atom is -0.452 e. The van der Waals surface area contributed by atoms with Crippen molar-refractivity contribution in [1.29, 1.82) is 0 Å². The van der Waals surface area contributed by atoms with Crippen LogP contribution in [-0.2, 0) is 15.7 Å². The molecule has 12 heteroatoms. The van der Waals surface area contributed by atoms with E-state index in [1.807, 2.05) is 5.32 Å². The van der Waals surface area contributed by atoms with Crippen molar-refractivity contribution in [2.75, 3.05) is 6.61 Å². The van der Waals surface area contributed by atoms with Crippen LogP contribution in [-0.4, -0.2) is 45.3 Å². The molecule has 9 nitrogen and oxygen atoms in total. The van der Waals surface area contributed by atoms with E-state index in [9.17, 15) is 27.6 Å². The van der Waals surface area contributed by atoms with E-state index in [1.165, 1.54) is 24.4 Å². The Hall–Kier alpha value is -3.44. The summed E-state index contributed by atoms with van der Waals surface area (Å²) in [5.41, 5.74) is -2.26. The molecule has 1 fully saturated rings. The first-order valence-electron chi connectivity index (χ1n) is 9.10. The van der Waals surface area contributed by atoms with Gasteiger partial charge in [-0.25, -0.2) is 19.3 Å². The molecule has 3 rings (SSSR count). The normalized spacial score (nSPS) is 14.4. The number of amides is 3. The van der Waals surface area contributed by atoms with Gasteiger partial charge in [-0.3, -0.25) is 10.1 Å².